The first kappa shape index (κ1) is 14.2. The maximum atomic E-state index is 5.87. The molecule has 0 unspecified atom stereocenters. The Hall–Kier alpha value is -1.26. The van der Waals surface area contributed by atoms with Gasteiger partial charge in [0.25, 0.3) is 0 Å². The summed E-state index contributed by atoms with van der Waals surface area (Å²) < 4.78 is 1.01. The first-order valence-corrected chi connectivity index (χ1v) is 7.10. The van der Waals surface area contributed by atoms with Crippen LogP contribution in [0.1, 0.15) is 5.56 Å². The Morgan fingerprint density at radius 2 is 2.05 bits per heavy atom. The quantitative estimate of drug-likeness (QED) is 0.456. The lowest BCUT2D eigenvalue weighted by Gasteiger charge is -2.24. The number of nitrogen functional groups attached to an aromatic ring is 1. The van der Waals surface area contributed by atoms with E-state index in [4.69, 9.17) is 5.73 Å². The monoisotopic (exact) mass is 263 g/mol. The van der Waals surface area contributed by atoms with Gasteiger partial charge in [-0.15, -0.1) is 0 Å². The molecule has 1 heterocycles. The fraction of sp³-hybridized carbons (Fsp3) is 0.600. The van der Waals surface area contributed by atoms with Crippen molar-refractivity contribution in [3.05, 3.63) is 23.8 Å². The summed E-state index contributed by atoms with van der Waals surface area (Å²) >= 11 is 0. The maximum Gasteiger partial charge on any atom is 0.0907 e. The number of rotatable bonds is 6. The number of hydrogen-bond donors (Lipinski definition) is 2. The van der Waals surface area contributed by atoms with Crippen LogP contribution >= 0.6 is 0 Å². The Bertz CT molecular complexity index is 423. The van der Waals surface area contributed by atoms with Gasteiger partial charge in [0.05, 0.1) is 27.7 Å². The summed E-state index contributed by atoms with van der Waals surface area (Å²) in [5.74, 6) is 0. The highest BCUT2D eigenvalue weighted by Crippen LogP contribution is 2.29. The second-order valence-corrected chi connectivity index (χ2v) is 6.39. The van der Waals surface area contributed by atoms with Crippen molar-refractivity contribution in [2.75, 3.05) is 64.5 Å². The van der Waals surface area contributed by atoms with Gasteiger partial charge in [-0.25, -0.2) is 0 Å². The molecule has 2 rings (SSSR count). The fourth-order valence-electron chi connectivity index (χ4n) is 2.45. The van der Waals surface area contributed by atoms with Crippen molar-refractivity contribution in [2.45, 2.75) is 6.42 Å². The van der Waals surface area contributed by atoms with Crippen molar-refractivity contribution >= 4 is 11.4 Å². The van der Waals surface area contributed by atoms with Crippen LogP contribution in [0.25, 0.3) is 0 Å². The molecule has 0 bridgehead atoms. The highest BCUT2D eigenvalue weighted by atomic mass is 15.3. The van der Waals surface area contributed by atoms with Gasteiger partial charge in [0.15, 0.2) is 0 Å². The minimum absolute atomic E-state index is 0.864. The molecule has 1 aliphatic heterocycles. The third-order valence-electron chi connectivity index (χ3n) is 3.62. The van der Waals surface area contributed by atoms with E-state index < -0.39 is 0 Å². The maximum absolute atomic E-state index is 5.87. The van der Waals surface area contributed by atoms with Crippen LogP contribution in [-0.2, 0) is 6.42 Å². The third kappa shape index (κ3) is 4.11. The molecule has 4 heteroatoms. The van der Waals surface area contributed by atoms with Gasteiger partial charge in [-0.1, -0.05) is 6.07 Å². The molecule has 106 valence electrons. The van der Waals surface area contributed by atoms with Crippen molar-refractivity contribution in [2.24, 2.45) is 0 Å². The fourth-order valence-corrected chi connectivity index (χ4v) is 2.45. The average molecular weight is 263 g/mol. The van der Waals surface area contributed by atoms with Crippen molar-refractivity contribution < 1.29 is 4.48 Å². The SMILES string of the molecule is C[N+](C)(C)CCNCCN1CCc2ccc(N)cc21. The third-order valence-corrected chi connectivity index (χ3v) is 3.62. The highest BCUT2D eigenvalue weighted by molar-refractivity contribution is 5.64. The van der Waals surface area contributed by atoms with Crippen LogP contribution in [0.15, 0.2) is 18.2 Å². The highest BCUT2D eigenvalue weighted by Gasteiger charge is 2.18. The Morgan fingerprint density at radius 1 is 1.26 bits per heavy atom. The molecule has 0 saturated carbocycles. The minimum Gasteiger partial charge on any atom is -0.399 e. The molecule has 0 aromatic heterocycles. The van der Waals surface area contributed by atoms with E-state index in [-0.39, 0.29) is 0 Å². The standard InChI is InChI=1S/C15H27N4/c1-19(2,3)11-8-17-7-10-18-9-6-13-4-5-14(16)12-15(13)18/h4-5,12,17H,6-11,16H2,1-3H3/q+1. The number of quaternary nitrogens is 1. The second kappa shape index (κ2) is 5.80. The lowest BCUT2D eigenvalue weighted by Crippen LogP contribution is -2.42. The summed E-state index contributed by atoms with van der Waals surface area (Å²) in [6, 6.07) is 6.27. The molecule has 3 N–H and O–H groups in total. The minimum atomic E-state index is 0.864. The zero-order chi connectivity index (χ0) is 13.9. The van der Waals surface area contributed by atoms with Gasteiger partial charge in [-0.05, 0) is 24.1 Å². The smallest absolute Gasteiger partial charge is 0.0907 e. The predicted molar refractivity (Wildman–Crippen MR) is 82.5 cm³/mol. The van der Waals surface area contributed by atoms with Crippen LogP contribution in [0.5, 0.6) is 0 Å². The molecule has 0 aliphatic carbocycles. The largest absolute Gasteiger partial charge is 0.399 e. The normalized spacial score (nSPS) is 14.8. The Balaban J connectivity index is 1.76. The van der Waals surface area contributed by atoms with Crippen LogP contribution in [0.3, 0.4) is 0 Å². The molecule has 19 heavy (non-hydrogen) atoms. The Morgan fingerprint density at radius 3 is 2.79 bits per heavy atom. The van der Waals surface area contributed by atoms with Crippen LogP contribution in [0, 0.1) is 0 Å². The van der Waals surface area contributed by atoms with Gasteiger partial charge in [0, 0.05) is 37.6 Å². The van der Waals surface area contributed by atoms with E-state index in [2.05, 4.69) is 43.5 Å². The number of nitrogens with two attached hydrogens (primary N) is 1. The number of likely N-dealkylation sites (N-methyl/N-ethyl adjacent to an activating group) is 1. The molecule has 1 aromatic carbocycles. The molecule has 0 fully saturated rings. The number of hydrogen-bond acceptors (Lipinski definition) is 3. The van der Waals surface area contributed by atoms with Crippen LogP contribution in [0.4, 0.5) is 11.4 Å². The molecule has 0 atom stereocenters. The molecule has 0 saturated heterocycles. The van der Waals surface area contributed by atoms with Gasteiger partial charge in [-0.3, -0.25) is 0 Å². The van der Waals surface area contributed by atoms with E-state index in [0.717, 1.165) is 49.3 Å². The predicted octanol–water partition coefficient (Wildman–Crippen LogP) is 0.927. The van der Waals surface area contributed by atoms with Crippen LogP contribution in [-0.4, -0.2) is 58.3 Å². The molecular weight excluding hydrogens is 236 g/mol. The van der Waals surface area contributed by atoms with Gasteiger partial charge in [-0.2, -0.15) is 0 Å². The van der Waals surface area contributed by atoms with E-state index >= 15 is 0 Å². The Labute approximate surface area is 116 Å². The van der Waals surface area contributed by atoms with Crippen molar-refractivity contribution in [3.8, 4) is 0 Å². The van der Waals surface area contributed by atoms with Gasteiger partial charge in [0.2, 0.25) is 0 Å². The topological polar surface area (TPSA) is 41.3 Å². The van der Waals surface area contributed by atoms with Gasteiger partial charge < -0.3 is 20.4 Å². The summed E-state index contributed by atoms with van der Waals surface area (Å²) in [4.78, 5) is 2.44. The molecule has 0 radical (unpaired) electrons. The summed E-state index contributed by atoms with van der Waals surface area (Å²) in [6.07, 6.45) is 1.15. The van der Waals surface area contributed by atoms with E-state index in [0.29, 0.717) is 0 Å². The van der Waals surface area contributed by atoms with Gasteiger partial charge in [0.1, 0.15) is 0 Å². The summed E-state index contributed by atoms with van der Waals surface area (Å²) in [7, 11) is 6.67. The molecule has 0 amide bonds. The zero-order valence-corrected chi connectivity index (χ0v) is 12.4. The summed E-state index contributed by atoms with van der Waals surface area (Å²) in [5.41, 5.74) is 9.50. The lowest BCUT2D eigenvalue weighted by atomic mass is 10.1. The van der Waals surface area contributed by atoms with Crippen molar-refractivity contribution in [3.63, 3.8) is 0 Å². The zero-order valence-electron chi connectivity index (χ0n) is 12.4. The molecule has 1 aliphatic rings. The first-order chi connectivity index (χ1) is 8.96. The van der Waals surface area contributed by atoms with E-state index in [1.54, 1.807) is 0 Å². The van der Waals surface area contributed by atoms with E-state index in [9.17, 15) is 0 Å². The van der Waals surface area contributed by atoms with E-state index in [1.165, 1.54) is 11.3 Å². The van der Waals surface area contributed by atoms with Crippen molar-refractivity contribution in [1.82, 2.24) is 5.32 Å². The van der Waals surface area contributed by atoms with Crippen LogP contribution < -0.4 is 16.0 Å². The number of nitrogens with zero attached hydrogens (tertiary/aromatic N) is 2. The van der Waals surface area contributed by atoms with Crippen LogP contribution in [0.2, 0.25) is 0 Å². The lowest BCUT2D eigenvalue weighted by molar-refractivity contribution is -0.869. The number of nitrogens with one attached hydrogen (secondary N) is 1. The molecular formula is C15H27N4+. The molecule has 4 nitrogen and oxygen atoms in total. The number of anilines is 2. The molecule has 1 aromatic rings. The number of benzene rings is 1. The molecule has 0 spiro atoms. The average Bonchev–Trinajstić information content (AvgIpc) is 2.70. The second-order valence-electron chi connectivity index (χ2n) is 6.39. The van der Waals surface area contributed by atoms with Crippen molar-refractivity contribution in [1.29, 1.82) is 0 Å². The van der Waals surface area contributed by atoms with Gasteiger partial charge >= 0.3 is 0 Å². The first-order valence-electron chi connectivity index (χ1n) is 7.10. The number of fused-ring (bicyclic) bond motifs is 1. The Kier molecular flexibility index (Phi) is 4.32. The summed E-state index contributed by atoms with van der Waals surface area (Å²) in [5, 5.41) is 3.53. The van der Waals surface area contributed by atoms with E-state index in [1.807, 2.05) is 6.07 Å². The summed E-state index contributed by atoms with van der Waals surface area (Å²) in [6.45, 7) is 5.45.